The Bertz CT molecular complexity index is 753. The van der Waals surface area contributed by atoms with Gasteiger partial charge in [0.1, 0.15) is 17.7 Å². The van der Waals surface area contributed by atoms with E-state index in [2.05, 4.69) is 15.2 Å². The summed E-state index contributed by atoms with van der Waals surface area (Å²) in [6, 6.07) is 13.4. The fraction of sp³-hybridized carbons (Fsp3) is 0.368. The molecule has 26 heavy (non-hydrogen) atoms. The molecule has 1 atom stereocenters. The van der Waals surface area contributed by atoms with E-state index < -0.39 is 5.97 Å². The Labute approximate surface area is 152 Å². The van der Waals surface area contributed by atoms with Crippen molar-refractivity contribution < 1.29 is 19.4 Å². The zero-order valence-corrected chi connectivity index (χ0v) is 14.7. The number of anilines is 1. The summed E-state index contributed by atoms with van der Waals surface area (Å²) in [6.45, 7) is 2.46. The maximum Gasteiger partial charge on any atom is 0.341 e. The number of hydrogen-bond donors (Lipinski definition) is 2. The van der Waals surface area contributed by atoms with Crippen LogP contribution in [-0.4, -0.2) is 54.3 Å². The van der Waals surface area contributed by atoms with Crippen LogP contribution in [0.15, 0.2) is 42.5 Å². The van der Waals surface area contributed by atoms with Crippen molar-refractivity contribution in [1.82, 2.24) is 9.88 Å². The number of aromatic nitrogens is 1. The van der Waals surface area contributed by atoms with E-state index in [-0.39, 0.29) is 12.7 Å². The van der Waals surface area contributed by atoms with Gasteiger partial charge in [-0.1, -0.05) is 24.3 Å². The topological polar surface area (TPSA) is 83.9 Å². The molecule has 0 bridgehead atoms. The zero-order chi connectivity index (χ0) is 18.4. The maximum absolute atomic E-state index is 10.8. The van der Waals surface area contributed by atoms with Gasteiger partial charge in [-0.15, -0.1) is 0 Å². The SMILES string of the molecule is CNc1cccc(C2CN(Cc3ccccc3OCC(=O)O)CCO2)n1. The van der Waals surface area contributed by atoms with Crippen molar-refractivity contribution in [2.75, 3.05) is 38.7 Å². The Hall–Kier alpha value is -2.64. The summed E-state index contributed by atoms with van der Waals surface area (Å²) in [4.78, 5) is 17.6. The third kappa shape index (κ3) is 4.71. The summed E-state index contributed by atoms with van der Waals surface area (Å²) in [5.41, 5.74) is 1.86. The standard InChI is InChI=1S/C19H23N3O4/c1-20-18-8-4-6-15(21-18)17-12-22(9-10-25-17)11-14-5-2-3-7-16(14)26-13-19(23)24/h2-8,17H,9-13H2,1H3,(H,20,21)(H,23,24). The van der Waals surface area contributed by atoms with Crippen LogP contribution in [0.25, 0.3) is 0 Å². The Balaban J connectivity index is 1.68. The fourth-order valence-corrected chi connectivity index (χ4v) is 2.95. The van der Waals surface area contributed by atoms with Gasteiger partial charge in [0.15, 0.2) is 6.61 Å². The third-order valence-electron chi connectivity index (χ3n) is 4.22. The van der Waals surface area contributed by atoms with Gasteiger partial charge >= 0.3 is 5.97 Å². The fourth-order valence-electron chi connectivity index (χ4n) is 2.95. The van der Waals surface area contributed by atoms with Crippen molar-refractivity contribution in [3.05, 3.63) is 53.7 Å². The molecule has 138 valence electrons. The highest BCUT2D eigenvalue weighted by Gasteiger charge is 2.24. The minimum Gasteiger partial charge on any atom is -0.482 e. The van der Waals surface area contributed by atoms with Crippen molar-refractivity contribution in [1.29, 1.82) is 0 Å². The molecule has 7 heteroatoms. The third-order valence-corrected chi connectivity index (χ3v) is 4.22. The summed E-state index contributed by atoms with van der Waals surface area (Å²) in [5.74, 6) is 0.436. The molecule has 0 amide bonds. The number of pyridine rings is 1. The van der Waals surface area contributed by atoms with Gasteiger partial charge in [0.25, 0.3) is 0 Å². The maximum atomic E-state index is 10.8. The number of rotatable bonds is 7. The summed E-state index contributed by atoms with van der Waals surface area (Å²) in [6.07, 6.45) is -0.0934. The number of aliphatic carboxylic acids is 1. The van der Waals surface area contributed by atoms with Crippen LogP contribution in [-0.2, 0) is 16.1 Å². The molecule has 2 N–H and O–H groups in total. The molecule has 7 nitrogen and oxygen atoms in total. The van der Waals surface area contributed by atoms with Crippen molar-refractivity contribution in [3.8, 4) is 5.75 Å². The van der Waals surface area contributed by atoms with E-state index in [4.69, 9.17) is 14.6 Å². The first-order valence-corrected chi connectivity index (χ1v) is 8.57. The summed E-state index contributed by atoms with van der Waals surface area (Å²) >= 11 is 0. The molecule has 0 radical (unpaired) electrons. The monoisotopic (exact) mass is 357 g/mol. The Morgan fingerprint density at radius 2 is 2.19 bits per heavy atom. The number of morpholine rings is 1. The van der Waals surface area contributed by atoms with E-state index in [1.807, 2.05) is 43.4 Å². The molecule has 1 aliphatic heterocycles. The molecular weight excluding hydrogens is 334 g/mol. The number of nitrogens with zero attached hydrogens (tertiary/aromatic N) is 2. The lowest BCUT2D eigenvalue weighted by atomic mass is 10.1. The van der Waals surface area contributed by atoms with Gasteiger partial charge in [0.2, 0.25) is 0 Å². The molecule has 1 unspecified atom stereocenters. The highest BCUT2D eigenvalue weighted by atomic mass is 16.5. The van der Waals surface area contributed by atoms with Crippen LogP contribution in [0.4, 0.5) is 5.82 Å². The lowest BCUT2D eigenvalue weighted by Crippen LogP contribution is -2.38. The van der Waals surface area contributed by atoms with Crippen LogP contribution in [0, 0.1) is 0 Å². The second-order valence-electron chi connectivity index (χ2n) is 6.08. The molecule has 1 aliphatic rings. The molecule has 1 aromatic carbocycles. The van der Waals surface area contributed by atoms with Gasteiger partial charge < -0.3 is 19.9 Å². The normalized spacial score (nSPS) is 17.7. The molecule has 2 heterocycles. The van der Waals surface area contributed by atoms with Gasteiger partial charge in [-0.25, -0.2) is 9.78 Å². The smallest absolute Gasteiger partial charge is 0.341 e. The van der Waals surface area contributed by atoms with Crippen molar-refractivity contribution in [2.24, 2.45) is 0 Å². The Morgan fingerprint density at radius 3 is 3.00 bits per heavy atom. The van der Waals surface area contributed by atoms with E-state index >= 15 is 0 Å². The van der Waals surface area contributed by atoms with E-state index in [0.717, 1.165) is 23.6 Å². The first kappa shape index (κ1) is 18.2. The lowest BCUT2D eigenvalue weighted by Gasteiger charge is -2.33. The number of carboxylic acids is 1. The van der Waals surface area contributed by atoms with Crippen LogP contribution in [0.1, 0.15) is 17.4 Å². The van der Waals surface area contributed by atoms with Crippen LogP contribution in [0.5, 0.6) is 5.75 Å². The molecule has 0 spiro atoms. The Morgan fingerprint density at radius 1 is 1.35 bits per heavy atom. The first-order valence-electron chi connectivity index (χ1n) is 8.57. The van der Waals surface area contributed by atoms with E-state index in [1.165, 1.54) is 0 Å². The van der Waals surface area contributed by atoms with Crippen molar-refractivity contribution >= 4 is 11.8 Å². The van der Waals surface area contributed by atoms with E-state index in [0.29, 0.717) is 25.4 Å². The summed E-state index contributed by atoms with van der Waals surface area (Å²) < 4.78 is 11.3. The molecular formula is C19H23N3O4. The van der Waals surface area contributed by atoms with Crippen LogP contribution >= 0.6 is 0 Å². The second-order valence-corrected chi connectivity index (χ2v) is 6.08. The lowest BCUT2D eigenvalue weighted by molar-refractivity contribution is -0.139. The van der Waals surface area contributed by atoms with Gasteiger partial charge in [-0.05, 0) is 18.2 Å². The Kier molecular flexibility index (Phi) is 6.04. The average Bonchev–Trinajstić information content (AvgIpc) is 2.67. The van der Waals surface area contributed by atoms with E-state index in [9.17, 15) is 4.79 Å². The molecule has 2 aromatic rings. The summed E-state index contributed by atoms with van der Waals surface area (Å²) in [5, 5.41) is 11.9. The van der Waals surface area contributed by atoms with Gasteiger partial charge in [-0.2, -0.15) is 0 Å². The van der Waals surface area contributed by atoms with Crippen molar-refractivity contribution in [3.63, 3.8) is 0 Å². The number of ether oxygens (including phenoxy) is 2. The average molecular weight is 357 g/mol. The minimum atomic E-state index is -0.985. The number of hydrogen-bond acceptors (Lipinski definition) is 6. The highest BCUT2D eigenvalue weighted by Crippen LogP contribution is 2.25. The predicted molar refractivity (Wildman–Crippen MR) is 97.3 cm³/mol. The van der Waals surface area contributed by atoms with Crippen molar-refractivity contribution in [2.45, 2.75) is 12.6 Å². The number of para-hydroxylation sites is 1. The molecule has 1 saturated heterocycles. The van der Waals surface area contributed by atoms with Gasteiger partial charge in [0, 0.05) is 32.2 Å². The molecule has 1 aromatic heterocycles. The quantitative estimate of drug-likeness (QED) is 0.785. The molecule has 1 fully saturated rings. The van der Waals surface area contributed by atoms with Gasteiger partial charge in [0.05, 0.1) is 12.3 Å². The number of carbonyl (C=O) groups is 1. The number of nitrogens with one attached hydrogen (secondary N) is 1. The first-order chi connectivity index (χ1) is 12.7. The zero-order valence-electron chi connectivity index (χ0n) is 14.7. The van der Waals surface area contributed by atoms with Crippen LogP contribution in [0.2, 0.25) is 0 Å². The molecule has 3 rings (SSSR count). The largest absolute Gasteiger partial charge is 0.482 e. The van der Waals surface area contributed by atoms with E-state index in [1.54, 1.807) is 6.07 Å². The molecule has 0 saturated carbocycles. The molecule has 0 aliphatic carbocycles. The highest BCUT2D eigenvalue weighted by molar-refractivity contribution is 5.68. The van der Waals surface area contributed by atoms with Crippen LogP contribution < -0.4 is 10.1 Å². The summed E-state index contributed by atoms with van der Waals surface area (Å²) in [7, 11) is 1.84. The number of carboxylic acid groups (broad SMARTS) is 1. The number of benzene rings is 1. The van der Waals surface area contributed by atoms with Crippen LogP contribution in [0.3, 0.4) is 0 Å². The second kappa shape index (κ2) is 8.64. The predicted octanol–water partition coefficient (Wildman–Crippen LogP) is 2.16. The van der Waals surface area contributed by atoms with Gasteiger partial charge in [-0.3, -0.25) is 4.90 Å². The minimum absolute atomic E-state index is 0.0934.